The standard InChI is InChI=1S/C23H30N2OS2/c1-17-4-6-21(15-18(17)2)28-11-8-23(26)24-22-7-5-20(14-19(22)3)16-25-9-12-27-13-10-25/h4-7,14-15H,8-13,16H2,1-3H3,(H,24,26). The monoisotopic (exact) mass is 414 g/mol. The zero-order valence-corrected chi connectivity index (χ0v) is 18.7. The Morgan fingerprint density at radius 1 is 1.04 bits per heavy atom. The van der Waals surface area contributed by atoms with E-state index in [0.717, 1.165) is 23.5 Å². The van der Waals surface area contributed by atoms with E-state index in [4.69, 9.17) is 0 Å². The molecule has 1 N–H and O–H groups in total. The lowest BCUT2D eigenvalue weighted by Gasteiger charge is -2.26. The molecular weight excluding hydrogens is 384 g/mol. The highest BCUT2D eigenvalue weighted by Crippen LogP contribution is 2.23. The number of nitrogens with zero attached hydrogens (tertiary/aromatic N) is 1. The maximum atomic E-state index is 12.3. The van der Waals surface area contributed by atoms with E-state index in [2.05, 4.69) is 67.4 Å². The number of aryl methyl sites for hydroxylation is 3. The van der Waals surface area contributed by atoms with Crippen LogP contribution < -0.4 is 5.32 Å². The minimum absolute atomic E-state index is 0.0836. The summed E-state index contributed by atoms with van der Waals surface area (Å²) in [6, 6.07) is 12.9. The van der Waals surface area contributed by atoms with Gasteiger partial charge in [-0.1, -0.05) is 18.2 Å². The van der Waals surface area contributed by atoms with Crippen LogP contribution in [0.3, 0.4) is 0 Å². The second kappa shape index (κ2) is 10.4. The number of anilines is 1. The van der Waals surface area contributed by atoms with Gasteiger partial charge in [0.05, 0.1) is 0 Å². The molecule has 1 fully saturated rings. The third kappa shape index (κ3) is 6.29. The van der Waals surface area contributed by atoms with Crippen LogP contribution in [0.2, 0.25) is 0 Å². The summed E-state index contributed by atoms with van der Waals surface area (Å²) < 4.78 is 0. The summed E-state index contributed by atoms with van der Waals surface area (Å²) in [5.74, 6) is 3.33. The number of nitrogens with one attached hydrogen (secondary N) is 1. The molecule has 0 atom stereocenters. The lowest BCUT2D eigenvalue weighted by Crippen LogP contribution is -2.31. The average molecular weight is 415 g/mol. The number of benzene rings is 2. The molecule has 5 heteroatoms. The highest BCUT2D eigenvalue weighted by molar-refractivity contribution is 7.99. The van der Waals surface area contributed by atoms with Crippen LogP contribution in [0.1, 0.15) is 28.7 Å². The van der Waals surface area contributed by atoms with Crippen molar-refractivity contribution >= 4 is 35.1 Å². The van der Waals surface area contributed by atoms with Crippen molar-refractivity contribution in [3.63, 3.8) is 0 Å². The first kappa shape index (κ1) is 21.3. The molecule has 1 aliphatic heterocycles. The largest absolute Gasteiger partial charge is 0.326 e. The first-order valence-corrected chi connectivity index (χ1v) is 12.0. The van der Waals surface area contributed by atoms with Crippen LogP contribution in [0.5, 0.6) is 0 Å². The van der Waals surface area contributed by atoms with E-state index in [1.807, 2.05) is 11.8 Å². The molecular formula is C23H30N2OS2. The molecule has 0 unspecified atom stereocenters. The van der Waals surface area contributed by atoms with Crippen LogP contribution in [-0.2, 0) is 11.3 Å². The maximum absolute atomic E-state index is 12.3. The van der Waals surface area contributed by atoms with Crippen molar-refractivity contribution in [1.29, 1.82) is 0 Å². The number of carbonyl (C=O) groups is 1. The Bertz CT molecular complexity index is 816. The summed E-state index contributed by atoms with van der Waals surface area (Å²) in [7, 11) is 0. The van der Waals surface area contributed by atoms with Crippen molar-refractivity contribution in [3.05, 3.63) is 58.7 Å². The third-order valence-electron chi connectivity index (χ3n) is 5.15. The summed E-state index contributed by atoms with van der Waals surface area (Å²) >= 11 is 3.78. The Balaban J connectivity index is 1.47. The molecule has 0 aliphatic carbocycles. The van der Waals surface area contributed by atoms with Crippen LogP contribution in [-0.4, -0.2) is 41.2 Å². The molecule has 0 saturated carbocycles. The Labute approximate surface area is 177 Å². The summed E-state index contributed by atoms with van der Waals surface area (Å²) in [5, 5.41) is 3.08. The topological polar surface area (TPSA) is 32.3 Å². The minimum Gasteiger partial charge on any atom is -0.326 e. The van der Waals surface area contributed by atoms with Crippen molar-refractivity contribution in [3.8, 4) is 0 Å². The van der Waals surface area contributed by atoms with E-state index >= 15 is 0 Å². The molecule has 1 heterocycles. The van der Waals surface area contributed by atoms with Gasteiger partial charge in [-0.2, -0.15) is 11.8 Å². The predicted octanol–water partition coefficient (Wildman–Crippen LogP) is 5.28. The van der Waals surface area contributed by atoms with Gasteiger partial charge in [-0.25, -0.2) is 0 Å². The first-order valence-electron chi connectivity index (χ1n) is 9.91. The number of rotatable bonds is 7. The van der Waals surface area contributed by atoms with Gasteiger partial charge in [-0.05, 0) is 61.2 Å². The summed E-state index contributed by atoms with van der Waals surface area (Å²) in [5.41, 5.74) is 6.00. The fourth-order valence-electron chi connectivity index (χ4n) is 3.26. The van der Waals surface area contributed by atoms with Gasteiger partial charge in [0.25, 0.3) is 0 Å². The van der Waals surface area contributed by atoms with Crippen molar-refractivity contribution in [2.24, 2.45) is 0 Å². The fraction of sp³-hybridized carbons (Fsp3) is 0.435. The van der Waals surface area contributed by atoms with E-state index in [0.29, 0.717) is 6.42 Å². The van der Waals surface area contributed by atoms with Gasteiger partial charge < -0.3 is 5.32 Å². The van der Waals surface area contributed by atoms with Crippen LogP contribution >= 0.6 is 23.5 Å². The Morgan fingerprint density at radius 2 is 1.82 bits per heavy atom. The van der Waals surface area contributed by atoms with Gasteiger partial charge in [0.2, 0.25) is 5.91 Å². The van der Waals surface area contributed by atoms with E-state index in [-0.39, 0.29) is 5.91 Å². The predicted molar refractivity (Wildman–Crippen MR) is 124 cm³/mol. The summed E-state index contributed by atoms with van der Waals surface area (Å²) in [6.45, 7) is 9.66. The highest BCUT2D eigenvalue weighted by Gasteiger charge is 2.12. The molecule has 1 amide bonds. The van der Waals surface area contributed by atoms with Crippen LogP contribution in [0, 0.1) is 20.8 Å². The molecule has 2 aromatic rings. The SMILES string of the molecule is Cc1ccc(SCCC(=O)Nc2ccc(CN3CCSCC3)cc2C)cc1C. The molecule has 150 valence electrons. The molecule has 2 aromatic carbocycles. The summed E-state index contributed by atoms with van der Waals surface area (Å²) in [4.78, 5) is 16.1. The molecule has 0 bridgehead atoms. The Hall–Kier alpha value is -1.43. The molecule has 1 aliphatic rings. The van der Waals surface area contributed by atoms with Gasteiger partial charge >= 0.3 is 0 Å². The van der Waals surface area contributed by atoms with Gasteiger partial charge in [0.1, 0.15) is 0 Å². The molecule has 0 spiro atoms. The lowest BCUT2D eigenvalue weighted by atomic mass is 10.1. The van der Waals surface area contributed by atoms with Gasteiger partial charge in [-0.15, -0.1) is 11.8 Å². The Kier molecular flexibility index (Phi) is 7.89. The Morgan fingerprint density at radius 3 is 2.54 bits per heavy atom. The molecule has 1 saturated heterocycles. The normalized spacial score (nSPS) is 14.8. The van der Waals surface area contributed by atoms with Gasteiger partial charge in [-0.3, -0.25) is 9.69 Å². The van der Waals surface area contributed by atoms with Gasteiger partial charge in [0.15, 0.2) is 0 Å². The number of hydrogen-bond acceptors (Lipinski definition) is 4. The molecule has 0 aromatic heterocycles. The molecule has 3 nitrogen and oxygen atoms in total. The van der Waals surface area contributed by atoms with E-state index in [1.165, 1.54) is 46.2 Å². The van der Waals surface area contributed by atoms with E-state index < -0.39 is 0 Å². The van der Waals surface area contributed by atoms with Gasteiger partial charge in [0, 0.05) is 53.9 Å². The smallest absolute Gasteiger partial charge is 0.225 e. The fourth-order valence-corrected chi connectivity index (χ4v) is 5.19. The number of carbonyl (C=O) groups excluding carboxylic acids is 1. The molecule has 3 rings (SSSR count). The van der Waals surface area contributed by atoms with Crippen molar-refractivity contribution in [2.45, 2.75) is 38.6 Å². The zero-order valence-electron chi connectivity index (χ0n) is 17.1. The van der Waals surface area contributed by atoms with E-state index in [1.54, 1.807) is 11.8 Å². The van der Waals surface area contributed by atoms with E-state index in [9.17, 15) is 4.79 Å². The molecule has 0 radical (unpaired) electrons. The molecule has 28 heavy (non-hydrogen) atoms. The highest BCUT2D eigenvalue weighted by atomic mass is 32.2. The first-order chi connectivity index (χ1) is 13.5. The van der Waals surface area contributed by atoms with Crippen molar-refractivity contribution in [2.75, 3.05) is 35.7 Å². The second-order valence-electron chi connectivity index (χ2n) is 7.43. The third-order valence-corrected chi connectivity index (χ3v) is 7.09. The van der Waals surface area contributed by atoms with Crippen LogP contribution in [0.4, 0.5) is 5.69 Å². The minimum atomic E-state index is 0.0836. The zero-order chi connectivity index (χ0) is 19.9. The quantitative estimate of drug-likeness (QED) is 0.625. The lowest BCUT2D eigenvalue weighted by molar-refractivity contribution is -0.115. The van der Waals surface area contributed by atoms with Crippen molar-refractivity contribution < 1.29 is 4.79 Å². The average Bonchev–Trinajstić information content (AvgIpc) is 2.68. The number of amides is 1. The van der Waals surface area contributed by atoms with Crippen molar-refractivity contribution in [1.82, 2.24) is 4.90 Å². The number of hydrogen-bond donors (Lipinski definition) is 1. The second-order valence-corrected chi connectivity index (χ2v) is 9.82. The van der Waals surface area contributed by atoms with Crippen LogP contribution in [0.15, 0.2) is 41.3 Å². The summed E-state index contributed by atoms with van der Waals surface area (Å²) in [6.07, 6.45) is 0.518. The number of thioether (sulfide) groups is 2. The maximum Gasteiger partial charge on any atom is 0.225 e. The van der Waals surface area contributed by atoms with Crippen LogP contribution in [0.25, 0.3) is 0 Å².